The van der Waals surface area contributed by atoms with Crippen LogP contribution in [0.25, 0.3) is 11.2 Å². The lowest BCUT2D eigenvalue weighted by Gasteiger charge is -2.22. The molecule has 4 atom stereocenters. The average molecular weight is 410 g/mol. The van der Waals surface area contributed by atoms with Gasteiger partial charge >= 0.3 is 0 Å². The number of nitrogens with zero attached hydrogens (tertiary/aromatic N) is 3. The van der Waals surface area contributed by atoms with Gasteiger partial charge in [-0.15, -0.1) is 0 Å². The van der Waals surface area contributed by atoms with Gasteiger partial charge in [-0.2, -0.15) is 4.98 Å². The molecule has 5 N–H and O–H groups in total. The molecule has 160 valence electrons. The molecule has 3 heterocycles. The Balaban J connectivity index is 1.97. The Kier molecular flexibility index (Phi) is 6.59. The highest BCUT2D eigenvalue weighted by atomic mass is 16.6. The number of hydrogen-bond acceptors (Lipinski definition) is 9. The second-order valence-electron chi connectivity index (χ2n) is 7.00. The highest BCUT2D eigenvalue weighted by Crippen LogP contribution is 2.33. The molecular formula is C17H26N6O6. The molecule has 12 nitrogen and oxygen atoms in total. The van der Waals surface area contributed by atoms with E-state index in [9.17, 15) is 14.7 Å². The van der Waals surface area contributed by atoms with Gasteiger partial charge in [-0.25, -0.2) is 4.98 Å². The Morgan fingerprint density at radius 1 is 1.48 bits per heavy atom. The lowest BCUT2D eigenvalue weighted by Crippen LogP contribution is -2.37. The Labute approximate surface area is 166 Å². The molecule has 2 aromatic heterocycles. The molecule has 0 aromatic carbocycles. The van der Waals surface area contributed by atoms with Crippen molar-refractivity contribution in [2.24, 2.45) is 11.7 Å². The summed E-state index contributed by atoms with van der Waals surface area (Å²) in [7, 11) is 1.54. The summed E-state index contributed by atoms with van der Waals surface area (Å²) in [5.74, 6) is -0.595. The number of aromatic nitrogens is 4. The monoisotopic (exact) mass is 410 g/mol. The van der Waals surface area contributed by atoms with Crippen molar-refractivity contribution >= 4 is 23.0 Å². The van der Waals surface area contributed by atoms with Gasteiger partial charge in [0.05, 0.1) is 19.5 Å². The Bertz CT molecular complexity index is 911. The number of carbonyl (C=O) groups excluding carboxylic acids is 1. The van der Waals surface area contributed by atoms with E-state index in [0.29, 0.717) is 6.61 Å². The molecule has 0 saturated carbocycles. The van der Waals surface area contributed by atoms with Crippen molar-refractivity contribution in [3.05, 3.63) is 16.7 Å². The molecule has 1 saturated heterocycles. The van der Waals surface area contributed by atoms with Crippen LogP contribution in [0, 0.1) is 5.92 Å². The van der Waals surface area contributed by atoms with Crippen LogP contribution in [0.5, 0.6) is 0 Å². The summed E-state index contributed by atoms with van der Waals surface area (Å²) in [6, 6.07) is 0. The molecule has 3 rings (SSSR count). The second-order valence-corrected chi connectivity index (χ2v) is 7.00. The van der Waals surface area contributed by atoms with Crippen LogP contribution in [0.3, 0.4) is 0 Å². The predicted molar refractivity (Wildman–Crippen MR) is 102 cm³/mol. The average Bonchev–Trinajstić information content (AvgIpc) is 3.23. The van der Waals surface area contributed by atoms with Crippen LogP contribution in [0.1, 0.15) is 20.1 Å². The molecule has 0 radical (unpaired) electrons. The van der Waals surface area contributed by atoms with E-state index in [1.54, 1.807) is 13.8 Å². The van der Waals surface area contributed by atoms with E-state index in [2.05, 4.69) is 20.3 Å². The summed E-state index contributed by atoms with van der Waals surface area (Å²) >= 11 is 0. The Hall–Kier alpha value is -2.38. The van der Waals surface area contributed by atoms with Gasteiger partial charge in [-0.1, -0.05) is 13.8 Å². The summed E-state index contributed by atoms with van der Waals surface area (Å²) in [5, 5.41) is 13.1. The first-order valence-electron chi connectivity index (χ1n) is 9.29. The Morgan fingerprint density at radius 2 is 2.24 bits per heavy atom. The lowest BCUT2D eigenvalue weighted by molar-refractivity contribution is -0.118. The third kappa shape index (κ3) is 4.31. The van der Waals surface area contributed by atoms with Crippen LogP contribution >= 0.6 is 0 Å². The number of nitrogens with one attached hydrogen (secondary N) is 2. The number of aliphatic hydroxyl groups excluding tert-OH is 1. The van der Waals surface area contributed by atoms with Crippen molar-refractivity contribution in [2.75, 3.05) is 32.2 Å². The van der Waals surface area contributed by atoms with E-state index in [1.807, 2.05) is 0 Å². The molecular weight excluding hydrogens is 384 g/mol. The van der Waals surface area contributed by atoms with E-state index in [1.165, 1.54) is 18.0 Å². The van der Waals surface area contributed by atoms with Crippen molar-refractivity contribution in [1.29, 1.82) is 0 Å². The number of nitrogens with two attached hydrogens (primary N) is 1. The summed E-state index contributed by atoms with van der Waals surface area (Å²) in [5.41, 5.74) is 5.43. The highest BCUT2D eigenvalue weighted by Gasteiger charge is 2.45. The van der Waals surface area contributed by atoms with E-state index in [0.717, 1.165) is 0 Å². The van der Waals surface area contributed by atoms with Gasteiger partial charge in [-0.05, 0) is 0 Å². The number of amides is 1. The second kappa shape index (κ2) is 8.97. The zero-order chi connectivity index (χ0) is 21.1. The van der Waals surface area contributed by atoms with E-state index in [4.69, 9.17) is 19.9 Å². The largest absolute Gasteiger partial charge is 0.387 e. The number of aliphatic hydroxyl groups is 1. The fraction of sp³-hybridized carbons (Fsp3) is 0.647. The van der Waals surface area contributed by atoms with Crippen LogP contribution in [0.15, 0.2) is 11.1 Å². The first-order valence-corrected chi connectivity index (χ1v) is 9.29. The molecule has 4 unspecified atom stereocenters. The van der Waals surface area contributed by atoms with Crippen LogP contribution in [0.2, 0.25) is 0 Å². The predicted octanol–water partition coefficient (Wildman–Crippen LogP) is -1.04. The van der Waals surface area contributed by atoms with E-state index >= 15 is 0 Å². The van der Waals surface area contributed by atoms with Crippen molar-refractivity contribution in [3.8, 4) is 0 Å². The minimum atomic E-state index is -0.985. The minimum Gasteiger partial charge on any atom is -0.387 e. The molecule has 0 bridgehead atoms. The molecule has 12 heteroatoms. The van der Waals surface area contributed by atoms with Gasteiger partial charge in [0.1, 0.15) is 18.3 Å². The Morgan fingerprint density at radius 3 is 2.90 bits per heavy atom. The van der Waals surface area contributed by atoms with Crippen LogP contribution in [0.4, 0.5) is 5.95 Å². The molecule has 0 aliphatic carbocycles. The fourth-order valence-corrected chi connectivity index (χ4v) is 3.02. The summed E-state index contributed by atoms with van der Waals surface area (Å²) in [6.45, 7) is 4.08. The van der Waals surface area contributed by atoms with Crippen LogP contribution < -0.4 is 16.6 Å². The molecule has 0 spiro atoms. The van der Waals surface area contributed by atoms with Crippen LogP contribution in [-0.4, -0.2) is 75.7 Å². The minimum absolute atomic E-state index is 0.00581. The third-order valence-electron chi connectivity index (χ3n) is 4.62. The number of H-pyrrole nitrogens is 1. The number of aromatic amines is 1. The third-order valence-corrected chi connectivity index (χ3v) is 4.62. The topological polar surface area (TPSA) is 167 Å². The number of anilines is 1. The normalized spacial score (nSPS) is 24.5. The number of hydrogen-bond donors (Lipinski definition) is 4. The van der Waals surface area contributed by atoms with Crippen molar-refractivity contribution < 1.29 is 24.1 Å². The number of methoxy groups -OCH3 is 1. The van der Waals surface area contributed by atoms with Gasteiger partial charge in [0, 0.05) is 19.6 Å². The van der Waals surface area contributed by atoms with Crippen molar-refractivity contribution in [3.63, 3.8) is 0 Å². The van der Waals surface area contributed by atoms with Crippen molar-refractivity contribution in [2.45, 2.75) is 38.4 Å². The molecule has 1 amide bonds. The molecule has 1 fully saturated rings. The number of rotatable bonds is 8. The standard InChI is InChI=1S/C17H26N6O6/c1-8(2)14(25)21-17-20-13-10(15(26)22-17)19-7-23(13)16-12(28-5-4-27-3)11(24)9(6-18)29-16/h7-9,11-12,16,24H,4-6,18H2,1-3H3,(H2,20,21,22,25,26). The maximum absolute atomic E-state index is 12.4. The van der Waals surface area contributed by atoms with E-state index < -0.39 is 30.1 Å². The first-order chi connectivity index (χ1) is 13.9. The molecule has 29 heavy (non-hydrogen) atoms. The quantitative estimate of drug-likeness (QED) is 0.398. The maximum atomic E-state index is 12.4. The number of imidazole rings is 1. The summed E-state index contributed by atoms with van der Waals surface area (Å²) in [6.07, 6.45) is -1.85. The molecule has 1 aliphatic rings. The van der Waals surface area contributed by atoms with Crippen LogP contribution in [-0.2, 0) is 19.0 Å². The fourth-order valence-electron chi connectivity index (χ4n) is 3.02. The first kappa shape index (κ1) is 21.3. The number of ether oxygens (including phenoxy) is 3. The van der Waals surface area contributed by atoms with Gasteiger partial charge in [-0.3, -0.25) is 24.5 Å². The number of fused-ring (bicyclic) bond motifs is 1. The number of carbonyl (C=O) groups is 1. The van der Waals surface area contributed by atoms with E-state index in [-0.39, 0.29) is 42.1 Å². The van der Waals surface area contributed by atoms with Gasteiger partial charge in [0.2, 0.25) is 11.9 Å². The molecule has 2 aromatic rings. The highest BCUT2D eigenvalue weighted by molar-refractivity contribution is 5.91. The molecule has 1 aliphatic heterocycles. The zero-order valence-electron chi connectivity index (χ0n) is 16.5. The SMILES string of the molecule is COCCOC1C(O)C(CN)OC1n1cnc2c(=O)[nH]c(NC(=O)C(C)C)nc21. The van der Waals surface area contributed by atoms with Gasteiger partial charge in [0.15, 0.2) is 17.4 Å². The smallest absolute Gasteiger partial charge is 0.280 e. The van der Waals surface area contributed by atoms with Crippen molar-refractivity contribution in [1.82, 2.24) is 19.5 Å². The summed E-state index contributed by atoms with van der Waals surface area (Å²) in [4.78, 5) is 35.2. The van der Waals surface area contributed by atoms with Gasteiger partial charge in [0.25, 0.3) is 5.56 Å². The maximum Gasteiger partial charge on any atom is 0.280 e. The zero-order valence-corrected chi connectivity index (χ0v) is 16.5. The summed E-state index contributed by atoms with van der Waals surface area (Å²) < 4.78 is 18.1. The lowest BCUT2D eigenvalue weighted by atomic mass is 10.1. The van der Waals surface area contributed by atoms with Gasteiger partial charge < -0.3 is 25.1 Å².